The van der Waals surface area contributed by atoms with E-state index >= 15 is 0 Å². The smallest absolute Gasteiger partial charge is 0.419 e. The average molecular weight is 447 g/mol. The van der Waals surface area contributed by atoms with Crippen molar-refractivity contribution in [3.63, 3.8) is 0 Å². The Kier molecular flexibility index (Phi) is 4.82. The first kappa shape index (κ1) is 22.1. The van der Waals surface area contributed by atoms with E-state index in [4.69, 9.17) is 0 Å². The fourth-order valence-corrected chi connectivity index (χ4v) is 4.89. The van der Waals surface area contributed by atoms with E-state index in [-0.39, 0.29) is 22.4 Å². The van der Waals surface area contributed by atoms with Crippen molar-refractivity contribution in [1.82, 2.24) is 9.78 Å². The van der Waals surface area contributed by atoms with Gasteiger partial charge in [0.2, 0.25) is 0 Å². The molecular formula is C23H24F3N3O3. The Morgan fingerprint density at radius 3 is 2.56 bits per heavy atom. The van der Waals surface area contributed by atoms with Crippen molar-refractivity contribution >= 4 is 16.5 Å². The van der Waals surface area contributed by atoms with E-state index in [1.165, 1.54) is 25.4 Å². The quantitative estimate of drug-likeness (QED) is 0.551. The molecule has 1 heterocycles. The molecule has 170 valence electrons. The maximum absolute atomic E-state index is 14.3. The molecule has 0 saturated carbocycles. The standard InChI is InChI=1S/C23H24F3N3O3/c1-12-8-14-18(17(30)9-12)21(2,3)11-22(32,23(24,25)26)19(14)28-16-7-5-6-13-15(16)10-27-29(4)20(13)31/h5-10,19,28,30,32H,11H2,1-4H3. The van der Waals surface area contributed by atoms with Crippen LogP contribution in [0.2, 0.25) is 0 Å². The monoisotopic (exact) mass is 447 g/mol. The number of nitrogens with one attached hydrogen (secondary N) is 1. The van der Waals surface area contributed by atoms with E-state index in [0.717, 1.165) is 4.68 Å². The summed E-state index contributed by atoms with van der Waals surface area (Å²) in [6, 6.07) is 6.09. The number of nitrogens with zero attached hydrogens (tertiary/aromatic N) is 2. The van der Waals surface area contributed by atoms with E-state index in [1.54, 1.807) is 39.0 Å². The van der Waals surface area contributed by atoms with Crippen LogP contribution in [0.25, 0.3) is 10.8 Å². The Balaban J connectivity index is 1.99. The van der Waals surface area contributed by atoms with Crippen molar-refractivity contribution in [3.8, 4) is 5.75 Å². The van der Waals surface area contributed by atoms with Crippen LogP contribution in [-0.2, 0) is 12.5 Å². The first-order valence-corrected chi connectivity index (χ1v) is 10.1. The summed E-state index contributed by atoms with van der Waals surface area (Å²) in [4.78, 5) is 12.4. The van der Waals surface area contributed by atoms with Gasteiger partial charge in [0.1, 0.15) is 5.75 Å². The second-order valence-electron chi connectivity index (χ2n) is 9.15. The summed E-state index contributed by atoms with van der Waals surface area (Å²) in [6.07, 6.45) is -4.22. The molecule has 0 bridgehead atoms. The van der Waals surface area contributed by atoms with Crippen LogP contribution in [-0.4, -0.2) is 31.8 Å². The number of halogens is 3. The number of aromatic hydroxyl groups is 1. The number of alkyl halides is 3. The molecule has 1 aliphatic rings. The molecule has 2 aromatic carbocycles. The topological polar surface area (TPSA) is 87.4 Å². The predicted molar refractivity (Wildman–Crippen MR) is 115 cm³/mol. The second kappa shape index (κ2) is 6.96. The average Bonchev–Trinajstić information content (AvgIpc) is 2.66. The Morgan fingerprint density at radius 1 is 1.22 bits per heavy atom. The number of anilines is 1. The highest BCUT2D eigenvalue weighted by Gasteiger charge is 2.64. The molecule has 3 aromatic rings. The lowest BCUT2D eigenvalue weighted by Gasteiger charge is -2.49. The first-order valence-electron chi connectivity index (χ1n) is 10.1. The Morgan fingerprint density at radius 2 is 1.91 bits per heavy atom. The van der Waals surface area contributed by atoms with Gasteiger partial charge in [-0.3, -0.25) is 4.79 Å². The molecule has 6 nitrogen and oxygen atoms in total. The third-order valence-corrected chi connectivity index (χ3v) is 6.25. The summed E-state index contributed by atoms with van der Waals surface area (Å²) in [5, 5.41) is 29.2. The van der Waals surface area contributed by atoms with E-state index in [2.05, 4.69) is 10.4 Å². The van der Waals surface area contributed by atoms with Gasteiger partial charge in [0.15, 0.2) is 5.60 Å². The highest BCUT2D eigenvalue weighted by Crippen LogP contribution is 2.56. The fraction of sp³-hybridized carbons (Fsp3) is 0.391. The van der Waals surface area contributed by atoms with Gasteiger partial charge >= 0.3 is 6.18 Å². The summed E-state index contributed by atoms with van der Waals surface area (Å²) >= 11 is 0. The highest BCUT2D eigenvalue weighted by atomic mass is 19.4. The van der Waals surface area contributed by atoms with Gasteiger partial charge in [0, 0.05) is 23.7 Å². The lowest BCUT2D eigenvalue weighted by atomic mass is 9.63. The van der Waals surface area contributed by atoms with Gasteiger partial charge in [-0.05, 0) is 48.1 Å². The van der Waals surface area contributed by atoms with Crippen LogP contribution in [0.15, 0.2) is 41.3 Å². The maximum Gasteiger partial charge on any atom is 0.419 e. The van der Waals surface area contributed by atoms with E-state index in [1.807, 2.05) is 0 Å². The Hall–Kier alpha value is -3.07. The fourth-order valence-electron chi connectivity index (χ4n) is 4.89. The van der Waals surface area contributed by atoms with Crippen molar-refractivity contribution < 1.29 is 23.4 Å². The van der Waals surface area contributed by atoms with Gasteiger partial charge in [-0.25, -0.2) is 4.68 Å². The van der Waals surface area contributed by atoms with Crippen LogP contribution in [0.5, 0.6) is 5.75 Å². The molecule has 2 unspecified atom stereocenters. The molecule has 1 aliphatic carbocycles. The minimum Gasteiger partial charge on any atom is -0.508 e. The zero-order valence-electron chi connectivity index (χ0n) is 18.1. The summed E-state index contributed by atoms with van der Waals surface area (Å²) in [6.45, 7) is 4.80. The van der Waals surface area contributed by atoms with Crippen molar-refractivity contribution in [2.45, 2.75) is 50.4 Å². The summed E-state index contributed by atoms with van der Waals surface area (Å²) in [5.41, 5.74) is -3.37. The molecule has 2 atom stereocenters. The van der Waals surface area contributed by atoms with Gasteiger partial charge in [-0.15, -0.1) is 0 Å². The van der Waals surface area contributed by atoms with Crippen LogP contribution in [0.4, 0.5) is 18.9 Å². The number of aromatic nitrogens is 2. The zero-order valence-corrected chi connectivity index (χ0v) is 18.1. The zero-order chi connectivity index (χ0) is 23.6. The molecule has 0 amide bonds. The van der Waals surface area contributed by atoms with E-state index in [9.17, 15) is 28.2 Å². The van der Waals surface area contributed by atoms with Crippen LogP contribution in [0.1, 0.15) is 43.0 Å². The van der Waals surface area contributed by atoms with Crippen LogP contribution in [0, 0.1) is 6.92 Å². The van der Waals surface area contributed by atoms with Crippen LogP contribution >= 0.6 is 0 Å². The molecule has 32 heavy (non-hydrogen) atoms. The number of benzene rings is 2. The number of phenols is 1. The molecule has 9 heteroatoms. The summed E-state index contributed by atoms with van der Waals surface area (Å²) in [5.74, 6) is -0.116. The number of aryl methyl sites for hydroxylation is 2. The molecule has 0 fully saturated rings. The minimum absolute atomic E-state index is 0.116. The Labute approximate surface area is 182 Å². The SMILES string of the molecule is Cc1cc(O)c2c(c1)C(Nc1cccc3c(=O)n(C)ncc13)C(O)(C(F)(F)F)CC2(C)C. The molecule has 0 saturated heterocycles. The van der Waals surface area contributed by atoms with Gasteiger partial charge in [-0.2, -0.15) is 18.3 Å². The number of aliphatic hydroxyl groups is 1. The van der Waals surface area contributed by atoms with Crippen molar-refractivity contribution in [1.29, 1.82) is 0 Å². The molecule has 0 aliphatic heterocycles. The molecule has 0 radical (unpaired) electrons. The van der Waals surface area contributed by atoms with Crippen molar-refractivity contribution in [2.75, 3.05) is 5.32 Å². The summed E-state index contributed by atoms with van der Waals surface area (Å²) < 4.78 is 44.1. The van der Waals surface area contributed by atoms with Gasteiger partial charge in [0.25, 0.3) is 5.56 Å². The predicted octanol–water partition coefficient (Wildman–Crippen LogP) is 4.08. The highest BCUT2D eigenvalue weighted by molar-refractivity contribution is 5.92. The van der Waals surface area contributed by atoms with Crippen molar-refractivity contribution in [2.24, 2.45) is 7.05 Å². The third kappa shape index (κ3) is 3.23. The van der Waals surface area contributed by atoms with Crippen LogP contribution in [0.3, 0.4) is 0 Å². The Bertz CT molecular complexity index is 1280. The van der Waals surface area contributed by atoms with Crippen molar-refractivity contribution in [3.05, 3.63) is 63.6 Å². The second-order valence-corrected chi connectivity index (χ2v) is 9.15. The molecule has 3 N–H and O–H groups in total. The number of rotatable bonds is 2. The number of hydrogen-bond donors (Lipinski definition) is 3. The minimum atomic E-state index is -4.96. The number of phenolic OH excluding ortho intramolecular Hbond substituents is 1. The van der Waals surface area contributed by atoms with Crippen LogP contribution < -0.4 is 10.9 Å². The van der Waals surface area contributed by atoms with E-state index < -0.39 is 35.2 Å². The van der Waals surface area contributed by atoms with E-state index in [0.29, 0.717) is 16.5 Å². The number of hydrogen-bond acceptors (Lipinski definition) is 5. The van der Waals surface area contributed by atoms with Gasteiger partial charge < -0.3 is 15.5 Å². The number of fused-ring (bicyclic) bond motifs is 2. The normalized spacial score (nSPS) is 22.6. The third-order valence-electron chi connectivity index (χ3n) is 6.25. The lowest BCUT2D eigenvalue weighted by Crippen LogP contribution is -2.58. The van der Waals surface area contributed by atoms with Gasteiger partial charge in [0.05, 0.1) is 17.6 Å². The molecule has 1 aromatic heterocycles. The first-order chi connectivity index (χ1) is 14.8. The summed E-state index contributed by atoms with van der Waals surface area (Å²) in [7, 11) is 1.48. The van der Waals surface area contributed by atoms with Gasteiger partial charge in [-0.1, -0.05) is 26.0 Å². The lowest BCUT2D eigenvalue weighted by molar-refractivity contribution is -0.275. The molecule has 0 spiro atoms. The maximum atomic E-state index is 14.3. The molecule has 4 rings (SSSR count). The molecular weight excluding hydrogens is 423 g/mol. The largest absolute Gasteiger partial charge is 0.508 e.